The maximum atomic E-state index is 13.8. The lowest BCUT2D eigenvalue weighted by atomic mass is 9.89. The second-order valence-corrected chi connectivity index (χ2v) is 10.9. The molecule has 1 N–H and O–H groups in total. The standard InChI is InChI=1S/C26H32N2O7S/c1-20-26(25(30)28-13-17-33-18-14-28,12-19-36(31,32)23-6-3-2-4-7-23)27-24(35-20)21-8-10-22(11-9-21)34-16-5-15-29/h2-4,6-11,20,29H,5,12-19H2,1H3/t20-,26-/m1/s1. The van der Waals surface area contributed by atoms with E-state index in [1.165, 1.54) is 0 Å². The molecule has 1 amide bonds. The zero-order valence-corrected chi connectivity index (χ0v) is 21.2. The van der Waals surface area contributed by atoms with Gasteiger partial charge in [0.25, 0.3) is 5.91 Å². The third-order valence-electron chi connectivity index (χ3n) is 6.46. The highest BCUT2D eigenvalue weighted by molar-refractivity contribution is 7.91. The normalized spacial score (nSPS) is 22.1. The van der Waals surface area contributed by atoms with E-state index in [1.807, 2.05) is 0 Å². The number of hydrogen-bond acceptors (Lipinski definition) is 8. The first-order valence-corrected chi connectivity index (χ1v) is 13.8. The summed E-state index contributed by atoms with van der Waals surface area (Å²) in [5.74, 6) is 0.446. The van der Waals surface area contributed by atoms with Crippen LogP contribution in [0.5, 0.6) is 5.75 Å². The third-order valence-corrected chi connectivity index (χ3v) is 8.19. The molecule has 2 atom stereocenters. The maximum Gasteiger partial charge on any atom is 0.254 e. The van der Waals surface area contributed by atoms with Gasteiger partial charge in [0.15, 0.2) is 15.4 Å². The Balaban J connectivity index is 1.61. The van der Waals surface area contributed by atoms with Gasteiger partial charge in [-0.3, -0.25) is 4.79 Å². The van der Waals surface area contributed by atoms with E-state index in [0.29, 0.717) is 56.5 Å². The van der Waals surface area contributed by atoms with Crippen molar-refractivity contribution in [2.75, 3.05) is 45.3 Å². The maximum absolute atomic E-state index is 13.8. The number of carbonyl (C=O) groups excluding carboxylic acids is 1. The van der Waals surface area contributed by atoms with Crippen molar-refractivity contribution >= 4 is 21.6 Å². The summed E-state index contributed by atoms with van der Waals surface area (Å²) in [5, 5.41) is 8.92. The van der Waals surface area contributed by atoms with Crippen LogP contribution in [-0.2, 0) is 24.1 Å². The van der Waals surface area contributed by atoms with E-state index >= 15 is 0 Å². The summed E-state index contributed by atoms with van der Waals surface area (Å²) in [7, 11) is -3.63. The molecule has 0 unspecified atom stereocenters. The number of sulfone groups is 1. The number of benzene rings is 2. The molecule has 0 spiro atoms. The van der Waals surface area contributed by atoms with E-state index in [0.717, 1.165) is 0 Å². The van der Waals surface area contributed by atoms with Crippen LogP contribution in [0.2, 0.25) is 0 Å². The van der Waals surface area contributed by atoms with Gasteiger partial charge in [0.1, 0.15) is 11.9 Å². The average Bonchev–Trinajstić information content (AvgIpc) is 3.26. The van der Waals surface area contributed by atoms with Crippen molar-refractivity contribution in [1.29, 1.82) is 0 Å². The Morgan fingerprint density at radius 1 is 1.14 bits per heavy atom. The van der Waals surface area contributed by atoms with Gasteiger partial charge < -0.3 is 24.2 Å². The van der Waals surface area contributed by atoms with Crippen molar-refractivity contribution in [2.24, 2.45) is 4.99 Å². The number of aliphatic hydroxyl groups is 1. The number of aliphatic imine (C=N–C) groups is 1. The van der Waals surface area contributed by atoms with Crippen molar-refractivity contribution in [3.8, 4) is 5.75 Å². The number of morpholine rings is 1. The first-order chi connectivity index (χ1) is 17.4. The summed E-state index contributed by atoms with van der Waals surface area (Å²) in [5.41, 5.74) is -0.705. The summed E-state index contributed by atoms with van der Waals surface area (Å²) in [4.78, 5) is 20.5. The molecule has 2 aliphatic rings. The zero-order valence-electron chi connectivity index (χ0n) is 20.3. The lowest BCUT2D eigenvalue weighted by molar-refractivity contribution is -0.143. The van der Waals surface area contributed by atoms with Crippen LogP contribution in [-0.4, -0.2) is 87.1 Å². The molecular formula is C26H32N2O7S. The molecule has 2 aromatic carbocycles. The minimum absolute atomic E-state index is 0.00651. The topological polar surface area (TPSA) is 115 Å². The molecule has 1 saturated heterocycles. The van der Waals surface area contributed by atoms with Crippen LogP contribution < -0.4 is 4.74 Å². The van der Waals surface area contributed by atoms with Gasteiger partial charge in [0.05, 0.1) is 30.5 Å². The Hall–Kier alpha value is -2.95. The molecule has 2 aliphatic heterocycles. The van der Waals surface area contributed by atoms with Gasteiger partial charge in [-0.05, 0) is 49.7 Å². The van der Waals surface area contributed by atoms with E-state index in [-0.39, 0.29) is 29.6 Å². The fraction of sp³-hybridized carbons (Fsp3) is 0.462. The Morgan fingerprint density at radius 3 is 2.50 bits per heavy atom. The summed E-state index contributed by atoms with van der Waals surface area (Å²) < 4.78 is 43.2. The number of aliphatic hydroxyl groups excluding tert-OH is 1. The summed E-state index contributed by atoms with van der Waals surface area (Å²) >= 11 is 0. The van der Waals surface area contributed by atoms with Crippen molar-refractivity contribution in [3.63, 3.8) is 0 Å². The smallest absolute Gasteiger partial charge is 0.254 e. The van der Waals surface area contributed by atoms with Crippen LogP contribution in [0.15, 0.2) is 64.5 Å². The Kier molecular flexibility index (Phi) is 8.28. The van der Waals surface area contributed by atoms with Crippen LogP contribution in [0.1, 0.15) is 25.3 Å². The lowest BCUT2D eigenvalue weighted by Gasteiger charge is -2.35. The zero-order chi connectivity index (χ0) is 25.6. The largest absolute Gasteiger partial charge is 0.494 e. The summed E-state index contributed by atoms with van der Waals surface area (Å²) in [6.07, 6.45) is -0.130. The number of rotatable bonds is 10. The molecule has 1 fully saturated rings. The minimum Gasteiger partial charge on any atom is -0.494 e. The minimum atomic E-state index is -3.63. The molecule has 0 bridgehead atoms. The Labute approximate surface area is 211 Å². The first kappa shape index (κ1) is 26.1. The molecule has 0 aromatic heterocycles. The van der Waals surface area contributed by atoms with Crippen molar-refractivity contribution in [2.45, 2.75) is 36.3 Å². The molecule has 0 radical (unpaired) electrons. The highest BCUT2D eigenvalue weighted by Crippen LogP contribution is 2.35. The van der Waals surface area contributed by atoms with Gasteiger partial charge in [-0.25, -0.2) is 13.4 Å². The molecule has 194 valence electrons. The van der Waals surface area contributed by atoms with Crippen molar-refractivity contribution in [3.05, 3.63) is 60.2 Å². The molecular weight excluding hydrogens is 484 g/mol. The SMILES string of the molecule is C[C@H]1OC(c2ccc(OCCCO)cc2)=N[C@@]1(CCS(=O)(=O)c1ccccc1)C(=O)N1CCOCC1. The van der Waals surface area contributed by atoms with E-state index < -0.39 is 21.5 Å². The second kappa shape index (κ2) is 11.4. The van der Waals surface area contributed by atoms with E-state index in [4.69, 9.17) is 24.3 Å². The highest BCUT2D eigenvalue weighted by Gasteiger charge is 2.52. The van der Waals surface area contributed by atoms with Gasteiger partial charge in [-0.15, -0.1) is 0 Å². The van der Waals surface area contributed by atoms with Crippen LogP contribution in [0.4, 0.5) is 0 Å². The van der Waals surface area contributed by atoms with Crippen LogP contribution in [0.3, 0.4) is 0 Å². The highest BCUT2D eigenvalue weighted by atomic mass is 32.2. The van der Waals surface area contributed by atoms with Gasteiger partial charge in [0, 0.05) is 31.7 Å². The predicted octanol–water partition coefficient (Wildman–Crippen LogP) is 2.07. The number of ether oxygens (including phenoxy) is 3. The monoisotopic (exact) mass is 516 g/mol. The number of carbonyl (C=O) groups is 1. The van der Waals surface area contributed by atoms with E-state index in [2.05, 4.69) is 0 Å². The Bertz CT molecular complexity index is 1160. The van der Waals surface area contributed by atoms with Gasteiger partial charge >= 0.3 is 0 Å². The molecule has 2 heterocycles. The number of hydrogen-bond donors (Lipinski definition) is 1. The van der Waals surface area contributed by atoms with Crippen LogP contribution >= 0.6 is 0 Å². The molecule has 4 rings (SSSR count). The molecule has 36 heavy (non-hydrogen) atoms. The fourth-order valence-corrected chi connectivity index (χ4v) is 5.70. The number of nitrogens with zero attached hydrogens (tertiary/aromatic N) is 2. The number of amides is 1. The summed E-state index contributed by atoms with van der Waals surface area (Å²) in [6.45, 7) is 3.90. The molecule has 10 heteroatoms. The van der Waals surface area contributed by atoms with Gasteiger partial charge in [0.2, 0.25) is 5.90 Å². The van der Waals surface area contributed by atoms with Crippen LogP contribution in [0.25, 0.3) is 0 Å². The molecule has 0 saturated carbocycles. The fourth-order valence-electron chi connectivity index (χ4n) is 4.31. The molecule has 2 aromatic rings. The van der Waals surface area contributed by atoms with Gasteiger partial charge in [-0.2, -0.15) is 0 Å². The lowest BCUT2D eigenvalue weighted by Crippen LogP contribution is -2.56. The van der Waals surface area contributed by atoms with Crippen molar-refractivity contribution in [1.82, 2.24) is 4.90 Å². The van der Waals surface area contributed by atoms with Gasteiger partial charge in [-0.1, -0.05) is 18.2 Å². The molecule has 0 aliphatic carbocycles. The van der Waals surface area contributed by atoms with Crippen molar-refractivity contribution < 1.29 is 32.5 Å². The van der Waals surface area contributed by atoms with E-state index in [1.54, 1.807) is 66.4 Å². The predicted molar refractivity (Wildman–Crippen MR) is 134 cm³/mol. The van der Waals surface area contributed by atoms with E-state index in [9.17, 15) is 13.2 Å². The Morgan fingerprint density at radius 2 is 1.83 bits per heavy atom. The summed E-state index contributed by atoms with van der Waals surface area (Å²) in [6, 6.07) is 15.3. The third kappa shape index (κ3) is 5.71. The average molecular weight is 517 g/mol. The quantitative estimate of drug-likeness (QED) is 0.481. The second-order valence-electron chi connectivity index (χ2n) is 8.84. The first-order valence-electron chi connectivity index (χ1n) is 12.1. The molecule has 9 nitrogen and oxygen atoms in total. The van der Waals surface area contributed by atoms with Crippen LogP contribution in [0, 0.1) is 0 Å².